The number of rotatable bonds is 6. The van der Waals surface area contributed by atoms with E-state index in [2.05, 4.69) is 32.6 Å². The summed E-state index contributed by atoms with van der Waals surface area (Å²) in [7, 11) is 0. The summed E-state index contributed by atoms with van der Waals surface area (Å²) in [5.41, 5.74) is 3.48. The second kappa shape index (κ2) is 9.98. The fourth-order valence-corrected chi connectivity index (χ4v) is 4.52. The van der Waals surface area contributed by atoms with Gasteiger partial charge in [0.25, 0.3) is 0 Å². The van der Waals surface area contributed by atoms with E-state index in [-0.39, 0.29) is 5.02 Å². The second-order valence-electron chi connectivity index (χ2n) is 7.61. The molecule has 0 aliphatic rings. The third-order valence-corrected chi connectivity index (χ3v) is 6.37. The van der Waals surface area contributed by atoms with Gasteiger partial charge in [0.1, 0.15) is 11.6 Å². The van der Waals surface area contributed by atoms with E-state index in [1.165, 1.54) is 6.07 Å². The smallest absolute Gasteiger partial charge is 0.410 e. The van der Waals surface area contributed by atoms with E-state index in [9.17, 15) is 9.18 Å². The molecule has 1 amide bonds. The Hall–Kier alpha value is -2.83. The summed E-state index contributed by atoms with van der Waals surface area (Å²) in [6.45, 7) is 5.55. The highest BCUT2D eigenvalue weighted by molar-refractivity contribution is 9.10. The maximum atomic E-state index is 13.9. The summed E-state index contributed by atoms with van der Waals surface area (Å²) in [6.07, 6.45) is 1.57. The molecular formula is C26H23BrClFN2O2. The molecule has 0 saturated heterocycles. The van der Waals surface area contributed by atoms with Crippen molar-refractivity contribution in [2.45, 2.75) is 20.4 Å². The number of hydrogen-bond acceptors (Lipinski definition) is 2. The Labute approximate surface area is 205 Å². The van der Waals surface area contributed by atoms with Gasteiger partial charge >= 0.3 is 6.09 Å². The number of fused-ring (bicyclic) bond motifs is 1. The van der Waals surface area contributed by atoms with Crippen molar-refractivity contribution in [3.8, 4) is 16.9 Å². The molecule has 4 nitrogen and oxygen atoms in total. The van der Waals surface area contributed by atoms with Crippen LogP contribution < -0.4 is 4.74 Å². The molecule has 0 aliphatic carbocycles. The normalized spacial score (nSPS) is 11.1. The van der Waals surface area contributed by atoms with Crippen molar-refractivity contribution in [1.82, 2.24) is 9.47 Å². The Balaban J connectivity index is 1.83. The topological polar surface area (TPSA) is 34.5 Å². The average molecular weight is 530 g/mol. The van der Waals surface area contributed by atoms with Crippen LogP contribution in [0.3, 0.4) is 0 Å². The van der Waals surface area contributed by atoms with Gasteiger partial charge in [-0.15, -0.1) is 0 Å². The summed E-state index contributed by atoms with van der Waals surface area (Å²) >= 11 is 9.62. The zero-order valence-electron chi connectivity index (χ0n) is 18.3. The van der Waals surface area contributed by atoms with Crippen LogP contribution in [0.4, 0.5) is 9.18 Å². The molecule has 0 aliphatic heterocycles. The lowest BCUT2D eigenvalue weighted by Gasteiger charge is -2.20. The van der Waals surface area contributed by atoms with Gasteiger partial charge in [0.05, 0.1) is 5.02 Å². The van der Waals surface area contributed by atoms with E-state index in [0.717, 1.165) is 20.9 Å². The lowest BCUT2D eigenvalue weighted by atomic mass is 10.0. The van der Waals surface area contributed by atoms with E-state index in [0.29, 0.717) is 36.5 Å². The molecule has 0 radical (unpaired) electrons. The number of carbonyl (C=O) groups excluding carboxylic acids is 1. The summed E-state index contributed by atoms with van der Waals surface area (Å²) in [5, 5.41) is 0.900. The Morgan fingerprint density at radius 1 is 1.09 bits per heavy atom. The molecule has 0 fully saturated rings. The van der Waals surface area contributed by atoms with Crippen molar-refractivity contribution in [3.63, 3.8) is 0 Å². The van der Waals surface area contributed by atoms with E-state index in [4.69, 9.17) is 16.3 Å². The average Bonchev–Trinajstić information content (AvgIpc) is 3.19. The van der Waals surface area contributed by atoms with Gasteiger partial charge in [-0.05, 0) is 67.4 Å². The van der Waals surface area contributed by atoms with Crippen LogP contribution in [0.25, 0.3) is 22.0 Å². The Bertz CT molecular complexity index is 1320. The van der Waals surface area contributed by atoms with Crippen LogP contribution in [0.1, 0.15) is 19.4 Å². The number of benzene rings is 3. The SMILES string of the molecule is CCN(CC)C(=O)Oc1ccc2c(ccn2Cc2cccc(Br)c2)c1-c1ccc(F)c(Cl)c1. The molecule has 7 heteroatoms. The minimum Gasteiger partial charge on any atom is -0.410 e. The monoisotopic (exact) mass is 528 g/mol. The Kier molecular flexibility index (Phi) is 7.05. The molecule has 4 rings (SSSR count). The molecule has 0 N–H and O–H groups in total. The molecule has 170 valence electrons. The van der Waals surface area contributed by atoms with Crippen molar-refractivity contribution >= 4 is 44.5 Å². The quantitative estimate of drug-likeness (QED) is 0.256. The molecule has 0 saturated carbocycles. The molecule has 1 aromatic heterocycles. The van der Waals surface area contributed by atoms with Gasteiger partial charge in [-0.3, -0.25) is 0 Å². The van der Waals surface area contributed by atoms with E-state index in [1.54, 1.807) is 23.1 Å². The van der Waals surface area contributed by atoms with Crippen LogP contribution >= 0.6 is 27.5 Å². The molecule has 3 aromatic carbocycles. The standard InChI is InChI=1S/C26H23BrClFN2O2/c1-3-30(4-2)26(32)33-24-11-10-23-20(25(24)18-8-9-22(29)21(28)15-18)12-13-31(23)16-17-6-5-7-19(27)14-17/h5-15H,3-4,16H2,1-2H3. The number of nitrogens with zero attached hydrogens (tertiary/aromatic N) is 2. The summed E-state index contributed by atoms with van der Waals surface area (Å²) in [6, 6.07) is 18.4. The first kappa shape index (κ1) is 23.3. The maximum absolute atomic E-state index is 13.9. The van der Waals surface area contributed by atoms with Crippen LogP contribution in [-0.2, 0) is 6.54 Å². The molecule has 0 atom stereocenters. The van der Waals surface area contributed by atoms with Crippen molar-refractivity contribution < 1.29 is 13.9 Å². The molecule has 1 heterocycles. The van der Waals surface area contributed by atoms with Gasteiger partial charge < -0.3 is 14.2 Å². The first-order valence-corrected chi connectivity index (χ1v) is 11.9. The van der Waals surface area contributed by atoms with Gasteiger partial charge in [0.15, 0.2) is 0 Å². The molecule has 33 heavy (non-hydrogen) atoms. The number of aromatic nitrogens is 1. The zero-order chi connectivity index (χ0) is 23.5. The third kappa shape index (κ3) is 4.92. The highest BCUT2D eigenvalue weighted by Gasteiger charge is 2.20. The first-order chi connectivity index (χ1) is 15.9. The second-order valence-corrected chi connectivity index (χ2v) is 8.94. The van der Waals surface area contributed by atoms with Crippen LogP contribution in [0, 0.1) is 5.82 Å². The maximum Gasteiger partial charge on any atom is 0.415 e. The minimum absolute atomic E-state index is 0.0130. The van der Waals surface area contributed by atoms with Crippen molar-refractivity contribution in [1.29, 1.82) is 0 Å². The van der Waals surface area contributed by atoms with Crippen LogP contribution in [-0.4, -0.2) is 28.6 Å². The summed E-state index contributed by atoms with van der Waals surface area (Å²) in [5.74, 6) is -0.0937. The Morgan fingerprint density at radius 2 is 1.88 bits per heavy atom. The molecular weight excluding hydrogens is 507 g/mol. The van der Waals surface area contributed by atoms with E-state index < -0.39 is 11.9 Å². The lowest BCUT2D eigenvalue weighted by molar-refractivity contribution is 0.157. The molecule has 0 unspecified atom stereocenters. The summed E-state index contributed by atoms with van der Waals surface area (Å²) < 4.78 is 22.8. The van der Waals surface area contributed by atoms with Gasteiger partial charge in [0.2, 0.25) is 0 Å². The highest BCUT2D eigenvalue weighted by atomic mass is 79.9. The van der Waals surface area contributed by atoms with Crippen LogP contribution in [0.15, 0.2) is 71.3 Å². The fourth-order valence-electron chi connectivity index (χ4n) is 3.90. The fraction of sp³-hybridized carbons (Fsp3) is 0.192. The largest absolute Gasteiger partial charge is 0.415 e. The van der Waals surface area contributed by atoms with Gasteiger partial charge in [0, 0.05) is 46.8 Å². The number of amides is 1. The number of halogens is 3. The number of carbonyl (C=O) groups is 1. The summed E-state index contributed by atoms with van der Waals surface area (Å²) in [4.78, 5) is 14.3. The molecule has 0 bridgehead atoms. The van der Waals surface area contributed by atoms with Crippen molar-refractivity contribution in [2.75, 3.05) is 13.1 Å². The molecule has 0 spiro atoms. The predicted octanol–water partition coefficient (Wildman–Crippen LogP) is 7.75. The predicted molar refractivity (Wildman–Crippen MR) is 135 cm³/mol. The first-order valence-electron chi connectivity index (χ1n) is 10.7. The van der Waals surface area contributed by atoms with E-state index in [1.807, 2.05) is 44.3 Å². The van der Waals surface area contributed by atoms with Crippen molar-refractivity contribution in [3.05, 3.63) is 87.7 Å². The molecule has 4 aromatic rings. The minimum atomic E-state index is -0.499. The zero-order valence-corrected chi connectivity index (χ0v) is 20.7. The van der Waals surface area contributed by atoms with Gasteiger partial charge in [-0.25, -0.2) is 9.18 Å². The highest BCUT2D eigenvalue weighted by Crippen LogP contribution is 2.39. The van der Waals surface area contributed by atoms with Crippen LogP contribution in [0.5, 0.6) is 5.75 Å². The van der Waals surface area contributed by atoms with Crippen molar-refractivity contribution in [2.24, 2.45) is 0 Å². The van der Waals surface area contributed by atoms with Crippen LogP contribution in [0.2, 0.25) is 5.02 Å². The van der Waals surface area contributed by atoms with E-state index >= 15 is 0 Å². The van der Waals surface area contributed by atoms with Gasteiger partial charge in [-0.2, -0.15) is 0 Å². The van der Waals surface area contributed by atoms with Gasteiger partial charge in [-0.1, -0.05) is 45.7 Å². The number of hydrogen-bond donors (Lipinski definition) is 0. The Morgan fingerprint density at radius 3 is 2.58 bits per heavy atom. The third-order valence-electron chi connectivity index (χ3n) is 5.58. The number of ether oxygens (including phenoxy) is 1. The lowest BCUT2D eigenvalue weighted by Crippen LogP contribution is -2.33.